The number of carbonyl (C=O) groups excluding carboxylic acids is 2. The highest BCUT2D eigenvalue weighted by molar-refractivity contribution is 5.83. The Morgan fingerprint density at radius 3 is 2.11 bits per heavy atom. The van der Waals surface area contributed by atoms with Crippen LogP contribution in [0.3, 0.4) is 0 Å². The van der Waals surface area contributed by atoms with Gasteiger partial charge >= 0.3 is 24.0 Å². The van der Waals surface area contributed by atoms with E-state index < -0.39 is 30.0 Å². The summed E-state index contributed by atoms with van der Waals surface area (Å²) in [6.45, 7) is 0.148. The lowest BCUT2D eigenvalue weighted by atomic mass is 10.1. The first-order chi connectivity index (χ1) is 8.82. The third-order valence-electron chi connectivity index (χ3n) is 1.96. The van der Waals surface area contributed by atoms with Gasteiger partial charge in [0.25, 0.3) is 0 Å². The third kappa shape index (κ3) is 9.21. The van der Waals surface area contributed by atoms with Crippen molar-refractivity contribution in [2.24, 2.45) is 5.73 Å². The number of carboxylic acids is 2. The van der Waals surface area contributed by atoms with Crippen LogP contribution in [0.1, 0.15) is 12.8 Å². The Labute approximate surface area is 108 Å². The highest BCUT2D eigenvalue weighted by Gasteiger charge is 2.20. The average molecular weight is 276 g/mol. The predicted molar refractivity (Wildman–Crippen MR) is 62.4 cm³/mol. The molecule has 0 rings (SSSR count). The maximum absolute atomic E-state index is 11.3. The molecule has 1 atom stereocenters. The largest absolute Gasteiger partial charge is 0.481 e. The van der Waals surface area contributed by atoms with E-state index in [-0.39, 0.29) is 25.9 Å². The van der Waals surface area contributed by atoms with Crippen molar-refractivity contribution < 1.29 is 29.4 Å². The Morgan fingerprint density at radius 1 is 1.05 bits per heavy atom. The second-order valence-corrected chi connectivity index (χ2v) is 3.51. The molecule has 0 aromatic carbocycles. The van der Waals surface area contributed by atoms with Gasteiger partial charge in [-0.2, -0.15) is 0 Å². The van der Waals surface area contributed by atoms with Gasteiger partial charge < -0.3 is 31.9 Å². The molecule has 19 heavy (non-hydrogen) atoms. The number of nitrogens with one attached hydrogen (secondary N) is 3. The van der Waals surface area contributed by atoms with Crippen LogP contribution < -0.4 is 21.7 Å². The fourth-order valence-corrected chi connectivity index (χ4v) is 1.10. The van der Waals surface area contributed by atoms with Crippen molar-refractivity contribution in [3.05, 3.63) is 0 Å². The molecular formula is C9H16N4O6. The molecule has 0 heterocycles. The number of carbonyl (C=O) groups is 4. The Bertz CT molecular complexity index is 359. The molecule has 0 aromatic heterocycles. The van der Waals surface area contributed by atoms with Gasteiger partial charge in [0.05, 0.1) is 0 Å². The van der Waals surface area contributed by atoms with Crippen LogP contribution in [-0.2, 0) is 9.59 Å². The van der Waals surface area contributed by atoms with E-state index in [9.17, 15) is 19.2 Å². The Kier molecular flexibility index (Phi) is 7.42. The lowest BCUT2D eigenvalue weighted by Gasteiger charge is -2.14. The molecule has 0 aliphatic carbocycles. The summed E-state index contributed by atoms with van der Waals surface area (Å²) in [4.78, 5) is 42.7. The van der Waals surface area contributed by atoms with E-state index in [2.05, 4.69) is 16.0 Å². The smallest absolute Gasteiger partial charge is 0.326 e. The number of aliphatic carboxylic acids is 2. The molecule has 108 valence electrons. The van der Waals surface area contributed by atoms with Gasteiger partial charge in [-0.3, -0.25) is 4.79 Å². The van der Waals surface area contributed by atoms with Gasteiger partial charge in [-0.15, -0.1) is 0 Å². The molecule has 0 fully saturated rings. The molecule has 7 N–H and O–H groups in total. The number of hydrogen-bond acceptors (Lipinski definition) is 4. The topological polar surface area (TPSA) is 171 Å². The maximum Gasteiger partial charge on any atom is 0.326 e. The number of rotatable bonds is 8. The minimum absolute atomic E-state index is 0.0556. The Morgan fingerprint density at radius 2 is 1.63 bits per heavy atom. The van der Waals surface area contributed by atoms with Crippen LogP contribution >= 0.6 is 0 Å². The van der Waals surface area contributed by atoms with Crippen molar-refractivity contribution >= 4 is 24.0 Å². The Hall–Kier alpha value is -2.52. The highest BCUT2D eigenvalue weighted by Crippen LogP contribution is 1.97. The van der Waals surface area contributed by atoms with Gasteiger partial charge in [0.2, 0.25) is 0 Å². The quantitative estimate of drug-likeness (QED) is 0.287. The van der Waals surface area contributed by atoms with Crippen LogP contribution in [-0.4, -0.2) is 53.3 Å². The van der Waals surface area contributed by atoms with Crippen molar-refractivity contribution in [2.45, 2.75) is 18.9 Å². The summed E-state index contributed by atoms with van der Waals surface area (Å²) in [5.74, 6) is -2.48. The van der Waals surface area contributed by atoms with Crippen molar-refractivity contribution in [1.29, 1.82) is 0 Å². The van der Waals surface area contributed by atoms with Gasteiger partial charge in [-0.25, -0.2) is 14.4 Å². The number of carboxylic acid groups (broad SMARTS) is 2. The molecule has 0 unspecified atom stereocenters. The minimum atomic E-state index is -1.33. The van der Waals surface area contributed by atoms with E-state index in [0.717, 1.165) is 0 Å². The monoisotopic (exact) mass is 276 g/mol. The molecule has 0 saturated heterocycles. The van der Waals surface area contributed by atoms with Gasteiger partial charge in [0.15, 0.2) is 0 Å². The van der Waals surface area contributed by atoms with E-state index in [1.165, 1.54) is 0 Å². The van der Waals surface area contributed by atoms with Crippen LogP contribution in [0.5, 0.6) is 0 Å². The summed E-state index contributed by atoms with van der Waals surface area (Å²) in [5.41, 5.74) is 4.79. The van der Waals surface area contributed by atoms with Crippen LogP contribution in [0.4, 0.5) is 9.59 Å². The fraction of sp³-hybridized carbons (Fsp3) is 0.556. The van der Waals surface area contributed by atoms with E-state index in [0.29, 0.717) is 0 Å². The number of amides is 4. The van der Waals surface area contributed by atoms with Gasteiger partial charge in [0, 0.05) is 19.5 Å². The zero-order chi connectivity index (χ0) is 14.8. The van der Waals surface area contributed by atoms with Crippen molar-refractivity contribution in [2.75, 3.05) is 13.1 Å². The third-order valence-corrected chi connectivity index (χ3v) is 1.96. The molecule has 0 radical (unpaired) electrons. The summed E-state index contributed by atoms with van der Waals surface area (Å²) in [7, 11) is 0. The molecule has 0 aliphatic rings. The van der Waals surface area contributed by atoms with Crippen molar-refractivity contribution in [3.8, 4) is 0 Å². The Balaban J connectivity index is 3.99. The number of hydrogen-bond donors (Lipinski definition) is 6. The first kappa shape index (κ1) is 16.5. The maximum atomic E-state index is 11.3. The SMILES string of the molecule is NC(=O)NCCNC(=O)N[C@@H](CCC(=O)O)C(=O)O. The summed E-state index contributed by atoms with van der Waals surface area (Å²) in [6.07, 6.45) is -0.599. The molecule has 10 heteroatoms. The highest BCUT2D eigenvalue weighted by atomic mass is 16.4. The predicted octanol–water partition coefficient (Wildman–Crippen LogP) is -1.73. The zero-order valence-corrected chi connectivity index (χ0v) is 10.0. The van der Waals surface area contributed by atoms with E-state index in [1.807, 2.05) is 0 Å². The number of primary amides is 1. The van der Waals surface area contributed by atoms with E-state index >= 15 is 0 Å². The van der Waals surface area contributed by atoms with Crippen LogP contribution in [0, 0.1) is 0 Å². The molecule has 4 amide bonds. The first-order valence-corrected chi connectivity index (χ1v) is 5.35. The van der Waals surface area contributed by atoms with Gasteiger partial charge in [-0.1, -0.05) is 0 Å². The molecular weight excluding hydrogens is 260 g/mol. The number of nitrogens with two attached hydrogens (primary N) is 1. The second-order valence-electron chi connectivity index (χ2n) is 3.51. The van der Waals surface area contributed by atoms with E-state index in [1.54, 1.807) is 0 Å². The fourth-order valence-electron chi connectivity index (χ4n) is 1.10. The van der Waals surface area contributed by atoms with Crippen LogP contribution in [0.2, 0.25) is 0 Å². The summed E-state index contributed by atoms with van der Waals surface area (Å²) >= 11 is 0. The molecule has 0 saturated carbocycles. The lowest BCUT2D eigenvalue weighted by Crippen LogP contribution is -2.48. The minimum Gasteiger partial charge on any atom is -0.481 e. The first-order valence-electron chi connectivity index (χ1n) is 5.35. The lowest BCUT2D eigenvalue weighted by molar-refractivity contribution is -0.140. The normalized spacial score (nSPS) is 11.2. The molecule has 0 aromatic rings. The number of urea groups is 2. The summed E-state index contributed by atoms with van der Waals surface area (Å²) in [6, 6.07) is -2.81. The molecule has 10 nitrogen and oxygen atoms in total. The zero-order valence-electron chi connectivity index (χ0n) is 10.0. The van der Waals surface area contributed by atoms with E-state index in [4.69, 9.17) is 15.9 Å². The van der Waals surface area contributed by atoms with Gasteiger partial charge in [0.1, 0.15) is 6.04 Å². The van der Waals surface area contributed by atoms with Crippen molar-refractivity contribution in [1.82, 2.24) is 16.0 Å². The van der Waals surface area contributed by atoms with Gasteiger partial charge in [-0.05, 0) is 6.42 Å². The standard InChI is InChI=1S/C9H16N4O6/c10-8(18)11-3-4-12-9(19)13-5(7(16)17)1-2-6(14)15/h5H,1-4H2,(H,14,15)(H,16,17)(H3,10,11,18)(H2,12,13,19)/t5-/m0/s1. The summed E-state index contributed by atoms with van der Waals surface area (Å²) < 4.78 is 0. The van der Waals surface area contributed by atoms with Crippen LogP contribution in [0.15, 0.2) is 0 Å². The molecule has 0 spiro atoms. The second kappa shape index (κ2) is 8.55. The molecule has 0 aliphatic heterocycles. The average Bonchev–Trinajstić information content (AvgIpc) is 2.29. The van der Waals surface area contributed by atoms with Crippen LogP contribution in [0.25, 0.3) is 0 Å². The summed E-state index contributed by atoms with van der Waals surface area (Å²) in [5, 5.41) is 23.8. The van der Waals surface area contributed by atoms with Crippen molar-refractivity contribution in [3.63, 3.8) is 0 Å². The molecule has 0 bridgehead atoms.